The molecule has 0 atom stereocenters. The Bertz CT molecular complexity index is 944. The third-order valence-corrected chi connectivity index (χ3v) is 5.20. The molecule has 0 aliphatic carbocycles. The van der Waals surface area contributed by atoms with Crippen molar-refractivity contribution in [3.8, 4) is 11.5 Å². The van der Waals surface area contributed by atoms with Crippen LogP contribution in [0.5, 0.6) is 0 Å². The molecule has 3 heterocycles. The van der Waals surface area contributed by atoms with E-state index >= 15 is 0 Å². The van der Waals surface area contributed by atoms with E-state index in [4.69, 9.17) is 4.52 Å². The van der Waals surface area contributed by atoms with Gasteiger partial charge in [-0.05, 0) is 31.0 Å². The lowest BCUT2D eigenvalue weighted by atomic mass is 10.2. The molecule has 0 radical (unpaired) electrons. The molecular formula is C22H26FN5O. The summed E-state index contributed by atoms with van der Waals surface area (Å²) in [6.45, 7) is 6.18. The molecule has 0 bridgehead atoms. The van der Waals surface area contributed by atoms with Gasteiger partial charge in [-0.25, -0.2) is 9.37 Å². The Morgan fingerprint density at radius 2 is 1.97 bits per heavy atom. The number of rotatable bonds is 6. The molecule has 2 aromatic heterocycles. The lowest BCUT2D eigenvalue weighted by Gasteiger charge is -2.24. The molecule has 1 aliphatic heterocycles. The summed E-state index contributed by atoms with van der Waals surface area (Å²) >= 11 is 0. The summed E-state index contributed by atoms with van der Waals surface area (Å²) in [6.07, 6.45) is 4.55. The average Bonchev–Trinajstić information content (AvgIpc) is 3.08. The second-order valence-electron chi connectivity index (χ2n) is 7.35. The summed E-state index contributed by atoms with van der Waals surface area (Å²) in [4.78, 5) is 13.7. The summed E-state index contributed by atoms with van der Waals surface area (Å²) in [5.41, 5.74) is 1.61. The van der Waals surface area contributed by atoms with Crippen LogP contribution in [-0.4, -0.2) is 46.2 Å². The molecule has 29 heavy (non-hydrogen) atoms. The first-order chi connectivity index (χ1) is 14.2. The summed E-state index contributed by atoms with van der Waals surface area (Å²) in [5.74, 6) is 1.97. The van der Waals surface area contributed by atoms with Crippen LogP contribution in [0.3, 0.4) is 0 Å². The zero-order valence-electron chi connectivity index (χ0n) is 16.7. The summed E-state index contributed by atoms with van der Waals surface area (Å²) in [6, 6.07) is 10.9. The van der Waals surface area contributed by atoms with Crippen molar-refractivity contribution < 1.29 is 8.91 Å². The third kappa shape index (κ3) is 4.62. The van der Waals surface area contributed by atoms with E-state index in [1.54, 1.807) is 12.3 Å². The summed E-state index contributed by atoms with van der Waals surface area (Å²) < 4.78 is 19.5. The monoisotopic (exact) mass is 395 g/mol. The maximum Gasteiger partial charge on any atom is 0.261 e. The number of hydrogen-bond donors (Lipinski definition) is 0. The van der Waals surface area contributed by atoms with Gasteiger partial charge in [0.15, 0.2) is 5.82 Å². The van der Waals surface area contributed by atoms with E-state index in [1.807, 2.05) is 24.3 Å². The standard InChI is InChI=1S/C22H26FN5O/c1-2-7-20-25-22(29-26-20)18-9-5-11-24-21(18)28-13-6-12-27(14-15-28)16-17-8-3-4-10-19(17)23/h3-5,8-11H,2,6-7,12-16H2,1H3. The number of benzene rings is 1. The second-order valence-corrected chi connectivity index (χ2v) is 7.35. The van der Waals surface area contributed by atoms with Crippen molar-refractivity contribution in [3.63, 3.8) is 0 Å². The Kier molecular flexibility index (Phi) is 6.14. The number of aryl methyl sites for hydroxylation is 1. The molecule has 1 saturated heterocycles. The van der Waals surface area contributed by atoms with Crippen LogP contribution in [0.15, 0.2) is 47.1 Å². The van der Waals surface area contributed by atoms with Crippen molar-refractivity contribution in [3.05, 3.63) is 59.8 Å². The number of nitrogens with zero attached hydrogens (tertiary/aromatic N) is 5. The van der Waals surface area contributed by atoms with E-state index in [-0.39, 0.29) is 5.82 Å². The third-order valence-electron chi connectivity index (χ3n) is 5.20. The van der Waals surface area contributed by atoms with E-state index in [0.717, 1.165) is 68.2 Å². The van der Waals surface area contributed by atoms with Crippen molar-refractivity contribution in [2.24, 2.45) is 0 Å². The minimum absolute atomic E-state index is 0.139. The number of hydrogen-bond acceptors (Lipinski definition) is 6. The van der Waals surface area contributed by atoms with Gasteiger partial charge >= 0.3 is 0 Å². The SMILES string of the molecule is CCCc1noc(-c2cccnc2N2CCCN(Cc3ccccc3F)CC2)n1. The van der Waals surface area contributed by atoms with Crippen LogP contribution in [0.2, 0.25) is 0 Å². The minimum atomic E-state index is -0.139. The van der Waals surface area contributed by atoms with Gasteiger partial charge in [0.25, 0.3) is 5.89 Å². The average molecular weight is 395 g/mol. The summed E-state index contributed by atoms with van der Waals surface area (Å²) in [7, 11) is 0. The molecule has 0 spiro atoms. The van der Waals surface area contributed by atoms with Gasteiger partial charge in [0, 0.05) is 50.9 Å². The molecular weight excluding hydrogens is 369 g/mol. The maximum absolute atomic E-state index is 14.0. The highest BCUT2D eigenvalue weighted by Crippen LogP contribution is 2.28. The topological polar surface area (TPSA) is 58.3 Å². The van der Waals surface area contributed by atoms with Gasteiger partial charge in [0.1, 0.15) is 11.6 Å². The van der Waals surface area contributed by atoms with Crippen molar-refractivity contribution in [1.29, 1.82) is 0 Å². The molecule has 0 unspecified atom stereocenters. The van der Waals surface area contributed by atoms with Gasteiger partial charge in [-0.15, -0.1) is 0 Å². The smallest absolute Gasteiger partial charge is 0.261 e. The van der Waals surface area contributed by atoms with Gasteiger partial charge in [-0.1, -0.05) is 30.3 Å². The molecule has 7 heteroatoms. The van der Waals surface area contributed by atoms with Gasteiger partial charge in [-0.2, -0.15) is 4.98 Å². The molecule has 4 rings (SSSR count). The zero-order chi connectivity index (χ0) is 20.1. The Hall–Kier alpha value is -2.80. The van der Waals surface area contributed by atoms with Gasteiger partial charge in [0.2, 0.25) is 0 Å². The van der Waals surface area contributed by atoms with Crippen LogP contribution in [0.25, 0.3) is 11.5 Å². The predicted molar refractivity (Wildman–Crippen MR) is 110 cm³/mol. The van der Waals surface area contributed by atoms with Crippen LogP contribution in [0, 0.1) is 5.82 Å². The van der Waals surface area contributed by atoms with E-state index in [2.05, 4.69) is 31.8 Å². The lowest BCUT2D eigenvalue weighted by molar-refractivity contribution is 0.281. The van der Waals surface area contributed by atoms with E-state index in [9.17, 15) is 4.39 Å². The number of aromatic nitrogens is 3. The molecule has 1 aliphatic rings. The largest absolute Gasteiger partial charge is 0.355 e. The first-order valence-corrected chi connectivity index (χ1v) is 10.2. The molecule has 0 N–H and O–H groups in total. The van der Waals surface area contributed by atoms with E-state index in [1.165, 1.54) is 6.07 Å². The fraction of sp³-hybridized carbons (Fsp3) is 0.409. The molecule has 6 nitrogen and oxygen atoms in total. The fourth-order valence-corrected chi connectivity index (χ4v) is 3.71. The van der Waals surface area contributed by atoms with Crippen molar-refractivity contribution in [2.45, 2.75) is 32.7 Å². The Labute approximate surface area is 170 Å². The number of pyridine rings is 1. The quantitative estimate of drug-likeness (QED) is 0.630. The Morgan fingerprint density at radius 3 is 2.83 bits per heavy atom. The Balaban J connectivity index is 1.49. The normalized spacial score (nSPS) is 15.4. The second kappa shape index (κ2) is 9.13. The first-order valence-electron chi connectivity index (χ1n) is 10.2. The molecule has 0 amide bonds. The first kappa shape index (κ1) is 19.5. The van der Waals surface area contributed by atoms with Crippen LogP contribution < -0.4 is 4.90 Å². The predicted octanol–water partition coefficient (Wildman–Crippen LogP) is 3.94. The molecule has 1 aromatic carbocycles. The van der Waals surface area contributed by atoms with Crippen molar-refractivity contribution in [1.82, 2.24) is 20.0 Å². The van der Waals surface area contributed by atoms with Crippen LogP contribution in [-0.2, 0) is 13.0 Å². The van der Waals surface area contributed by atoms with Gasteiger partial charge < -0.3 is 9.42 Å². The highest BCUT2D eigenvalue weighted by Gasteiger charge is 2.22. The van der Waals surface area contributed by atoms with E-state index < -0.39 is 0 Å². The number of anilines is 1. The van der Waals surface area contributed by atoms with Crippen LogP contribution in [0.1, 0.15) is 31.2 Å². The zero-order valence-corrected chi connectivity index (χ0v) is 16.7. The number of halogens is 1. The summed E-state index contributed by atoms with van der Waals surface area (Å²) in [5, 5.41) is 4.08. The van der Waals surface area contributed by atoms with Gasteiger partial charge in [-0.3, -0.25) is 4.90 Å². The highest BCUT2D eigenvalue weighted by atomic mass is 19.1. The molecule has 1 fully saturated rings. The Morgan fingerprint density at radius 1 is 1.07 bits per heavy atom. The molecule has 3 aromatic rings. The van der Waals surface area contributed by atoms with Crippen LogP contribution >= 0.6 is 0 Å². The maximum atomic E-state index is 14.0. The van der Waals surface area contributed by atoms with Gasteiger partial charge in [0.05, 0.1) is 5.56 Å². The van der Waals surface area contributed by atoms with E-state index in [0.29, 0.717) is 12.4 Å². The van der Waals surface area contributed by atoms with Crippen molar-refractivity contribution in [2.75, 3.05) is 31.1 Å². The molecule has 152 valence electrons. The molecule has 0 saturated carbocycles. The minimum Gasteiger partial charge on any atom is -0.355 e. The highest BCUT2D eigenvalue weighted by molar-refractivity contribution is 5.69. The van der Waals surface area contributed by atoms with Crippen LogP contribution in [0.4, 0.5) is 10.2 Å². The lowest BCUT2D eigenvalue weighted by Crippen LogP contribution is -2.31. The van der Waals surface area contributed by atoms with Crippen molar-refractivity contribution >= 4 is 5.82 Å². The fourth-order valence-electron chi connectivity index (χ4n) is 3.71.